The Balaban J connectivity index is 1.94. The lowest BCUT2D eigenvalue weighted by atomic mass is 10.0. The molecule has 3 nitrogen and oxygen atoms in total. The van der Waals surface area contributed by atoms with Gasteiger partial charge in [-0.25, -0.2) is 0 Å². The number of amides is 1. The van der Waals surface area contributed by atoms with Gasteiger partial charge < -0.3 is 4.90 Å². The maximum Gasteiger partial charge on any atom is 0.241 e. The highest BCUT2D eigenvalue weighted by Crippen LogP contribution is 2.37. The molecule has 1 aliphatic heterocycles. The Morgan fingerprint density at radius 3 is 2.76 bits per heavy atom. The quantitative estimate of drug-likeness (QED) is 0.923. The van der Waals surface area contributed by atoms with Gasteiger partial charge in [-0.1, -0.05) is 50.1 Å². The number of hydrogen-bond acceptors (Lipinski definition) is 2. The zero-order valence-electron chi connectivity index (χ0n) is 13.3. The van der Waals surface area contributed by atoms with Gasteiger partial charge in [0.2, 0.25) is 5.91 Å². The van der Waals surface area contributed by atoms with Crippen molar-refractivity contribution in [2.24, 2.45) is 5.92 Å². The zero-order chi connectivity index (χ0) is 15.0. The van der Waals surface area contributed by atoms with Gasteiger partial charge >= 0.3 is 0 Å². The summed E-state index contributed by atoms with van der Waals surface area (Å²) in [4.78, 5) is 15.0. The highest BCUT2D eigenvalue weighted by Gasteiger charge is 2.44. The number of aryl methyl sites for hydroxylation is 1. The van der Waals surface area contributed by atoms with Gasteiger partial charge in [-0.3, -0.25) is 10.1 Å². The van der Waals surface area contributed by atoms with Crippen LogP contribution in [0.15, 0.2) is 24.3 Å². The van der Waals surface area contributed by atoms with Gasteiger partial charge in [0.15, 0.2) is 0 Å². The lowest BCUT2D eigenvalue weighted by Crippen LogP contribution is -2.41. The van der Waals surface area contributed by atoms with Gasteiger partial charge in [0.25, 0.3) is 0 Å². The monoisotopic (exact) mass is 286 g/mol. The molecule has 0 bridgehead atoms. The number of benzene rings is 1. The molecule has 21 heavy (non-hydrogen) atoms. The lowest BCUT2D eigenvalue weighted by molar-refractivity contribution is -0.133. The summed E-state index contributed by atoms with van der Waals surface area (Å²) in [5.74, 6) is 0.904. The Labute approximate surface area is 127 Å². The smallest absolute Gasteiger partial charge is 0.241 e. The standard InChI is InChI=1S/C18H26N2O/c1-4-15-18(21)20(16-10-6-8-13(16)3)17(19-15)14-9-5-7-12(2)11-14/h5,7,9,11,13,15-17,19H,4,6,8,10H2,1-3H3. The molecule has 2 aliphatic rings. The molecule has 4 unspecified atom stereocenters. The molecule has 1 aromatic carbocycles. The number of carbonyl (C=O) groups excluding carboxylic acids is 1. The summed E-state index contributed by atoms with van der Waals surface area (Å²) in [7, 11) is 0. The second kappa shape index (κ2) is 5.80. The molecule has 1 aromatic rings. The third-order valence-electron chi connectivity index (χ3n) is 5.13. The third kappa shape index (κ3) is 2.59. The highest BCUT2D eigenvalue weighted by atomic mass is 16.2. The molecule has 1 N–H and O–H groups in total. The molecule has 0 aromatic heterocycles. The van der Waals surface area contributed by atoms with Crippen LogP contribution in [0.1, 0.15) is 56.8 Å². The molecule has 1 aliphatic carbocycles. The predicted molar refractivity (Wildman–Crippen MR) is 84.8 cm³/mol. The number of nitrogens with one attached hydrogen (secondary N) is 1. The van der Waals surface area contributed by atoms with E-state index in [9.17, 15) is 4.79 Å². The zero-order valence-corrected chi connectivity index (χ0v) is 13.3. The van der Waals surface area contributed by atoms with Crippen molar-refractivity contribution in [3.05, 3.63) is 35.4 Å². The molecule has 4 atom stereocenters. The van der Waals surface area contributed by atoms with E-state index >= 15 is 0 Å². The number of hydrogen-bond donors (Lipinski definition) is 1. The number of nitrogens with zero attached hydrogens (tertiary/aromatic N) is 1. The van der Waals surface area contributed by atoms with Crippen molar-refractivity contribution in [3.63, 3.8) is 0 Å². The minimum atomic E-state index is -0.0247. The predicted octanol–water partition coefficient (Wildman–Crippen LogP) is 3.39. The number of carbonyl (C=O) groups is 1. The van der Waals surface area contributed by atoms with E-state index in [-0.39, 0.29) is 12.2 Å². The van der Waals surface area contributed by atoms with E-state index in [0.717, 1.165) is 12.8 Å². The van der Waals surface area contributed by atoms with Crippen LogP contribution >= 0.6 is 0 Å². The van der Waals surface area contributed by atoms with Crippen molar-refractivity contribution in [2.45, 2.75) is 64.7 Å². The van der Waals surface area contributed by atoms with E-state index in [4.69, 9.17) is 0 Å². The Morgan fingerprint density at radius 2 is 2.14 bits per heavy atom. The van der Waals surface area contributed by atoms with Crippen LogP contribution < -0.4 is 5.32 Å². The summed E-state index contributed by atoms with van der Waals surface area (Å²) in [5, 5.41) is 3.56. The van der Waals surface area contributed by atoms with Crippen LogP contribution in [-0.4, -0.2) is 22.9 Å². The fraction of sp³-hybridized carbons (Fsp3) is 0.611. The van der Waals surface area contributed by atoms with Crippen molar-refractivity contribution >= 4 is 5.91 Å². The SMILES string of the molecule is CCC1NC(c2cccc(C)c2)N(C2CCCC2C)C1=O. The molecule has 0 spiro atoms. The van der Waals surface area contributed by atoms with Crippen molar-refractivity contribution in [1.29, 1.82) is 0 Å². The van der Waals surface area contributed by atoms with E-state index < -0.39 is 0 Å². The van der Waals surface area contributed by atoms with Gasteiger partial charge in [0.05, 0.1) is 6.04 Å². The highest BCUT2D eigenvalue weighted by molar-refractivity contribution is 5.85. The van der Waals surface area contributed by atoms with Crippen molar-refractivity contribution < 1.29 is 4.79 Å². The first-order valence-corrected chi connectivity index (χ1v) is 8.26. The third-order valence-corrected chi connectivity index (χ3v) is 5.13. The van der Waals surface area contributed by atoms with Gasteiger partial charge in [-0.05, 0) is 37.7 Å². The van der Waals surface area contributed by atoms with Crippen molar-refractivity contribution in [1.82, 2.24) is 10.2 Å². The van der Waals surface area contributed by atoms with Crippen LogP contribution in [0.4, 0.5) is 0 Å². The molecular formula is C18H26N2O. The Hall–Kier alpha value is -1.35. The summed E-state index contributed by atoms with van der Waals surface area (Å²) < 4.78 is 0. The first kappa shape index (κ1) is 14.6. The average Bonchev–Trinajstić information content (AvgIpc) is 3.02. The van der Waals surface area contributed by atoms with E-state index in [1.807, 2.05) is 0 Å². The van der Waals surface area contributed by atoms with E-state index in [1.54, 1.807) is 0 Å². The van der Waals surface area contributed by atoms with Gasteiger partial charge in [0, 0.05) is 6.04 Å². The Bertz CT molecular complexity index is 528. The fourth-order valence-corrected chi connectivity index (χ4v) is 3.93. The van der Waals surface area contributed by atoms with Crippen LogP contribution in [0.2, 0.25) is 0 Å². The average molecular weight is 286 g/mol. The van der Waals surface area contributed by atoms with Gasteiger partial charge in [-0.15, -0.1) is 0 Å². The molecule has 3 heteroatoms. The van der Waals surface area contributed by atoms with Gasteiger partial charge in [-0.2, -0.15) is 0 Å². The second-order valence-electron chi connectivity index (χ2n) is 6.67. The largest absolute Gasteiger partial charge is 0.318 e. The van der Waals surface area contributed by atoms with Crippen LogP contribution in [0, 0.1) is 12.8 Å². The summed E-state index contributed by atoms with van der Waals surface area (Å²) >= 11 is 0. The molecule has 1 saturated heterocycles. The van der Waals surface area contributed by atoms with Crippen LogP contribution in [0.25, 0.3) is 0 Å². The van der Waals surface area contributed by atoms with E-state index in [2.05, 4.69) is 55.3 Å². The normalized spacial score (nSPS) is 32.9. The summed E-state index contributed by atoms with van der Waals surface area (Å²) in [6.45, 7) is 6.49. The maximum atomic E-state index is 12.8. The molecule has 0 radical (unpaired) electrons. The topological polar surface area (TPSA) is 32.3 Å². The fourth-order valence-electron chi connectivity index (χ4n) is 3.93. The van der Waals surface area contributed by atoms with Crippen LogP contribution in [0.3, 0.4) is 0 Å². The maximum absolute atomic E-state index is 12.8. The van der Waals surface area contributed by atoms with E-state index in [0.29, 0.717) is 17.9 Å². The summed E-state index contributed by atoms with van der Waals surface area (Å²) in [6, 6.07) is 8.92. The minimum Gasteiger partial charge on any atom is -0.318 e. The minimum absolute atomic E-state index is 0.0247. The molecule has 1 saturated carbocycles. The molecule has 3 rings (SSSR count). The Morgan fingerprint density at radius 1 is 1.33 bits per heavy atom. The first-order valence-electron chi connectivity index (χ1n) is 8.26. The molecule has 2 fully saturated rings. The van der Waals surface area contributed by atoms with E-state index in [1.165, 1.54) is 24.0 Å². The summed E-state index contributed by atoms with van der Waals surface area (Å²) in [5.41, 5.74) is 2.47. The molecule has 1 heterocycles. The van der Waals surface area contributed by atoms with Gasteiger partial charge in [0.1, 0.15) is 6.17 Å². The summed E-state index contributed by atoms with van der Waals surface area (Å²) in [6.07, 6.45) is 4.54. The second-order valence-corrected chi connectivity index (χ2v) is 6.67. The first-order chi connectivity index (χ1) is 10.1. The van der Waals surface area contributed by atoms with Crippen molar-refractivity contribution in [3.8, 4) is 0 Å². The molecular weight excluding hydrogens is 260 g/mol. The van der Waals surface area contributed by atoms with Crippen LogP contribution in [-0.2, 0) is 4.79 Å². The molecule has 1 amide bonds. The lowest BCUT2D eigenvalue weighted by Gasteiger charge is -2.33. The Kier molecular flexibility index (Phi) is 4.03. The number of rotatable bonds is 3. The molecule has 114 valence electrons. The van der Waals surface area contributed by atoms with Crippen LogP contribution in [0.5, 0.6) is 0 Å². The van der Waals surface area contributed by atoms with Crippen molar-refractivity contribution in [2.75, 3.05) is 0 Å².